The van der Waals surface area contributed by atoms with Crippen molar-refractivity contribution in [1.29, 1.82) is 0 Å². The van der Waals surface area contributed by atoms with Gasteiger partial charge in [-0.15, -0.1) is 11.3 Å². The Morgan fingerprint density at radius 2 is 2.05 bits per heavy atom. The first kappa shape index (κ1) is 12.7. The molecule has 0 radical (unpaired) electrons. The van der Waals surface area contributed by atoms with E-state index in [1.165, 1.54) is 5.56 Å². The lowest BCUT2D eigenvalue weighted by Crippen LogP contribution is -1.97. The van der Waals surface area contributed by atoms with Crippen molar-refractivity contribution >= 4 is 23.0 Å². The summed E-state index contributed by atoms with van der Waals surface area (Å²) in [5.41, 5.74) is 2.09. The fourth-order valence-corrected chi connectivity index (χ4v) is 2.42. The van der Waals surface area contributed by atoms with Gasteiger partial charge in [0.2, 0.25) is 0 Å². The summed E-state index contributed by atoms with van der Waals surface area (Å²) < 4.78 is 0. The van der Waals surface area contributed by atoms with Crippen LogP contribution in [0.5, 0.6) is 0 Å². The SMILES string of the molecule is CCc1ccc(Nc2cccc(-c3nccs3)n2)nc1. The van der Waals surface area contributed by atoms with Gasteiger partial charge in [0.1, 0.15) is 22.3 Å². The Morgan fingerprint density at radius 3 is 2.75 bits per heavy atom. The number of pyridine rings is 2. The zero-order chi connectivity index (χ0) is 13.8. The molecule has 5 heteroatoms. The summed E-state index contributed by atoms with van der Waals surface area (Å²) in [4.78, 5) is 13.2. The Kier molecular flexibility index (Phi) is 3.69. The van der Waals surface area contributed by atoms with Crippen LogP contribution in [0.1, 0.15) is 12.5 Å². The minimum Gasteiger partial charge on any atom is -0.325 e. The smallest absolute Gasteiger partial charge is 0.141 e. The molecule has 100 valence electrons. The second-order valence-electron chi connectivity index (χ2n) is 4.28. The molecule has 20 heavy (non-hydrogen) atoms. The Morgan fingerprint density at radius 1 is 1.10 bits per heavy atom. The largest absolute Gasteiger partial charge is 0.325 e. The maximum absolute atomic E-state index is 4.55. The van der Waals surface area contributed by atoms with Crippen LogP contribution < -0.4 is 5.32 Å². The molecule has 0 aliphatic rings. The molecule has 0 bridgehead atoms. The summed E-state index contributed by atoms with van der Waals surface area (Å²) in [7, 11) is 0. The first-order valence-corrected chi connectivity index (χ1v) is 7.32. The highest BCUT2D eigenvalue weighted by molar-refractivity contribution is 7.13. The van der Waals surface area contributed by atoms with Crippen molar-refractivity contribution in [2.45, 2.75) is 13.3 Å². The third-order valence-corrected chi connectivity index (χ3v) is 3.69. The van der Waals surface area contributed by atoms with Crippen LogP contribution in [0.3, 0.4) is 0 Å². The van der Waals surface area contributed by atoms with E-state index in [-0.39, 0.29) is 0 Å². The molecule has 3 heterocycles. The fourth-order valence-electron chi connectivity index (χ4n) is 1.81. The zero-order valence-electron chi connectivity index (χ0n) is 11.1. The van der Waals surface area contributed by atoms with Gasteiger partial charge in [-0.25, -0.2) is 15.0 Å². The minimum absolute atomic E-state index is 0.773. The second-order valence-corrected chi connectivity index (χ2v) is 5.17. The Bertz CT molecular complexity index is 677. The first-order chi connectivity index (χ1) is 9.85. The van der Waals surface area contributed by atoms with Gasteiger partial charge in [-0.05, 0) is 30.2 Å². The fraction of sp³-hybridized carbons (Fsp3) is 0.133. The van der Waals surface area contributed by atoms with Crippen molar-refractivity contribution in [1.82, 2.24) is 15.0 Å². The molecule has 0 aromatic carbocycles. The number of aryl methyl sites for hydroxylation is 1. The van der Waals surface area contributed by atoms with Gasteiger partial charge in [-0.2, -0.15) is 0 Å². The molecule has 0 fully saturated rings. The van der Waals surface area contributed by atoms with Crippen molar-refractivity contribution < 1.29 is 0 Å². The average molecular weight is 282 g/mol. The quantitative estimate of drug-likeness (QED) is 0.788. The van der Waals surface area contributed by atoms with Crippen LogP contribution in [-0.4, -0.2) is 15.0 Å². The van der Waals surface area contributed by atoms with Crippen molar-refractivity contribution in [3.8, 4) is 10.7 Å². The third kappa shape index (κ3) is 2.83. The predicted octanol–water partition coefficient (Wildman–Crippen LogP) is 3.91. The van der Waals surface area contributed by atoms with Crippen molar-refractivity contribution in [2.75, 3.05) is 5.32 Å². The lowest BCUT2D eigenvalue weighted by Gasteiger charge is -2.06. The van der Waals surface area contributed by atoms with Crippen molar-refractivity contribution in [3.05, 3.63) is 53.7 Å². The van der Waals surface area contributed by atoms with Crippen LogP contribution in [0, 0.1) is 0 Å². The van der Waals surface area contributed by atoms with E-state index in [0.29, 0.717) is 0 Å². The van der Waals surface area contributed by atoms with Crippen molar-refractivity contribution in [2.24, 2.45) is 0 Å². The van der Waals surface area contributed by atoms with Crippen LogP contribution in [-0.2, 0) is 6.42 Å². The van der Waals surface area contributed by atoms with Gasteiger partial charge in [0.05, 0.1) is 0 Å². The van der Waals surface area contributed by atoms with Crippen LogP contribution in [0.4, 0.5) is 11.6 Å². The van der Waals surface area contributed by atoms with E-state index in [4.69, 9.17) is 0 Å². The molecule has 0 aliphatic heterocycles. The van der Waals surface area contributed by atoms with E-state index in [2.05, 4.69) is 33.3 Å². The van der Waals surface area contributed by atoms with Crippen molar-refractivity contribution in [3.63, 3.8) is 0 Å². The normalized spacial score (nSPS) is 10.4. The Balaban J connectivity index is 1.82. The average Bonchev–Trinajstić information content (AvgIpc) is 3.03. The van der Waals surface area contributed by atoms with Crippen LogP contribution in [0.15, 0.2) is 48.1 Å². The summed E-state index contributed by atoms with van der Waals surface area (Å²) in [5, 5.41) is 6.08. The topological polar surface area (TPSA) is 50.7 Å². The lowest BCUT2D eigenvalue weighted by molar-refractivity contribution is 1.10. The highest BCUT2D eigenvalue weighted by Crippen LogP contribution is 2.22. The van der Waals surface area contributed by atoms with Gasteiger partial charge in [0.15, 0.2) is 0 Å². The second kappa shape index (κ2) is 5.79. The standard InChI is InChI=1S/C15H14N4S/c1-2-11-6-7-13(17-10-11)19-14-5-3-4-12(18-14)15-16-8-9-20-15/h3-10H,2H2,1H3,(H,17,18,19). The van der Waals surface area contributed by atoms with Crippen LogP contribution >= 0.6 is 11.3 Å². The van der Waals surface area contributed by atoms with E-state index in [9.17, 15) is 0 Å². The molecule has 3 aromatic heterocycles. The summed E-state index contributed by atoms with van der Waals surface area (Å²) in [6.45, 7) is 2.11. The maximum atomic E-state index is 4.55. The lowest BCUT2D eigenvalue weighted by atomic mass is 10.2. The first-order valence-electron chi connectivity index (χ1n) is 6.44. The number of hydrogen-bond donors (Lipinski definition) is 1. The van der Waals surface area contributed by atoms with E-state index < -0.39 is 0 Å². The van der Waals surface area contributed by atoms with Crippen LogP contribution in [0.2, 0.25) is 0 Å². The van der Waals surface area contributed by atoms with Gasteiger partial charge >= 0.3 is 0 Å². The molecule has 3 aromatic rings. The third-order valence-electron chi connectivity index (χ3n) is 2.89. The van der Waals surface area contributed by atoms with E-state index >= 15 is 0 Å². The Labute approximate surface area is 121 Å². The molecule has 0 saturated carbocycles. The molecule has 0 spiro atoms. The van der Waals surface area contributed by atoms with E-state index in [1.807, 2.05) is 35.8 Å². The van der Waals surface area contributed by atoms with E-state index in [1.54, 1.807) is 17.5 Å². The monoisotopic (exact) mass is 282 g/mol. The van der Waals surface area contributed by atoms with Gasteiger partial charge in [0.25, 0.3) is 0 Å². The summed E-state index contributed by atoms with van der Waals surface area (Å²) in [6.07, 6.45) is 4.66. The molecule has 1 N–H and O–H groups in total. The highest BCUT2D eigenvalue weighted by atomic mass is 32.1. The van der Waals surface area contributed by atoms with Gasteiger partial charge in [-0.3, -0.25) is 0 Å². The molecule has 0 atom stereocenters. The predicted molar refractivity (Wildman–Crippen MR) is 82.2 cm³/mol. The molecular weight excluding hydrogens is 268 g/mol. The summed E-state index contributed by atoms with van der Waals surface area (Å²) in [5.74, 6) is 1.57. The van der Waals surface area contributed by atoms with Gasteiger partial charge < -0.3 is 5.32 Å². The molecule has 0 aliphatic carbocycles. The van der Waals surface area contributed by atoms with Gasteiger partial charge in [-0.1, -0.05) is 19.1 Å². The number of anilines is 2. The zero-order valence-corrected chi connectivity index (χ0v) is 11.9. The minimum atomic E-state index is 0.773. The Hall–Kier alpha value is -2.27. The number of nitrogens with zero attached hydrogens (tertiary/aromatic N) is 3. The summed E-state index contributed by atoms with van der Waals surface area (Å²) >= 11 is 1.58. The summed E-state index contributed by atoms with van der Waals surface area (Å²) in [6, 6.07) is 9.88. The molecule has 4 nitrogen and oxygen atoms in total. The van der Waals surface area contributed by atoms with Gasteiger partial charge in [0, 0.05) is 17.8 Å². The molecule has 0 saturated heterocycles. The number of rotatable bonds is 4. The van der Waals surface area contributed by atoms with Crippen LogP contribution in [0.25, 0.3) is 10.7 Å². The number of aromatic nitrogens is 3. The molecule has 0 unspecified atom stereocenters. The number of thiazole rings is 1. The maximum Gasteiger partial charge on any atom is 0.141 e. The number of hydrogen-bond acceptors (Lipinski definition) is 5. The molecule has 3 rings (SSSR count). The van der Waals surface area contributed by atoms with E-state index in [0.717, 1.165) is 28.8 Å². The number of nitrogens with one attached hydrogen (secondary N) is 1. The molecule has 0 amide bonds. The molecular formula is C15H14N4S. The highest BCUT2D eigenvalue weighted by Gasteiger charge is 2.04.